The molecule has 0 fully saturated rings. The van der Waals surface area contributed by atoms with Crippen LogP contribution in [0.5, 0.6) is 0 Å². The van der Waals surface area contributed by atoms with E-state index in [1.54, 1.807) is 61.5 Å². The molecule has 0 saturated carbocycles. The van der Waals surface area contributed by atoms with Gasteiger partial charge in [0.05, 0.1) is 16.6 Å². The molecular weight excluding hydrogens is 408 g/mol. The minimum atomic E-state index is -3.67. The summed E-state index contributed by atoms with van der Waals surface area (Å²) in [5, 5.41) is 3.02. The molecule has 3 aromatic rings. The van der Waals surface area contributed by atoms with E-state index in [0.29, 0.717) is 11.3 Å². The topological polar surface area (TPSA) is 66.5 Å². The molecule has 0 aromatic heterocycles. The fourth-order valence-electron chi connectivity index (χ4n) is 3.66. The Morgan fingerprint density at radius 1 is 0.968 bits per heavy atom. The van der Waals surface area contributed by atoms with Gasteiger partial charge in [0.1, 0.15) is 0 Å². The van der Waals surface area contributed by atoms with Crippen LogP contribution >= 0.6 is 0 Å². The molecule has 1 amide bonds. The van der Waals surface area contributed by atoms with Gasteiger partial charge in [-0.05, 0) is 75.2 Å². The number of anilines is 1. The summed E-state index contributed by atoms with van der Waals surface area (Å²) >= 11 is 0. The third-order valence-electron chi connectivity index (χ3n) is 5.28. The first-order valence-electron chi connectivity index (χ1n) is 10.3. The fraction of sp³-hybridized carbons (Fsp3) is 0.240. The van der Waals surface area contributed by atoms with E-state index in [1.165, 1.54) is 9.87 Å². The van der Waals surface area contributed by atoms with Gasteiger partial charge in [-0.1, -0.05) is 42.0 Å². The summed E-state index contributed by atoms with van der Waals surface area (Å²) in [6.45, 7) is 8.10. The Morgan fingerprint density at radius 3 is 2.19 bits per heavy atom. The predicted molar refractivity (Wildman–Crippen MR) is 125 cm³/mol. The molecule has 0 aliphatic carbocycles. The number of nitrogens with zero attached hydrogens (tertiary/aromatic N) is 1. The lowest BCUT2D eigenvalue weighted by Gasteiger charge is -2.23. The SMILES string of the molecule is CCN(c1ccc(C(=O)N[C@H](C)c2ccc(C)cc2C)cc1)S(=O)(=O)c1ccccc1. The quantitative estimate of drug-likeness (QED) is 0.566. The number of rotatable bonds is 7. The van der Waals surface area contributed by atoms with Crippen LogP contribution in [0.25, 0.3) is 0 Å². The van der Waals surface area contributed by atoms with Crippen molar-refractivity contribution in [1.29, 1.82) is 0 Å². The third kappa shape index (κ3) is 4.97. The summed E-state index contributed by atoms with van der Waals surface area (Å²) in [5.74, 6) is -0.201. The number of hydrogen-bond acceptors (Lipinski definition) is 3. The monoisotopic (exact) mass is 436 g/mol. The normalized spacial score (nSPS) is 12.3. The van der Waals surface area contributed by atoms with E-state index < -0.39 is 10.0 Å². The summed E-state index contributed by atoms with van der Waals surface area (Å²) in [6, 6.07) is 21.0. The maximum absolute atomic E-state index is 13.0. The molecule has 3 rings (SSSR count). The molecule has 1 atom stereocenters. The highest BCUT2D eigenvalue weighted by Crippen LogP contribution is 2.24. The van der Waals surface area contributed by atoms with Crippen LogP contribution in [-0.4, -0.2) is 20.9 Å². The first-order valence-corrected chi connectivity index (χ1v) is 11.7. The zero-order chi connectivity index (χ0) is 22.6. The summed E-state index contributed by atoms with van der Waals surface area (Å²) in [5.41, 5.74) is 4.38. The number of nitrogens with one attached hydrogen (secondary N) is 1. The van der Waals surface area contributed by atoms with Crippen molar-refractivity contribution in [2.75, 3.05) is 10.8 Å². The van der Waals surface area contributed by atoms with Gasteiger partial charge < -0.3 is 5.32 Å². The molecular formula is C25H28N2O3S. The Bertz CT molecular complexity index is 1160. The lowest BCUT2D eigenvalue weighted by molar-refractivity contribution is 0.0940. The molecule has 0 unspecified atom stereocenters. The predicted octanol–water partition coefficient (Wildman–Crippen LogP) is 5.01. The average Bonchev–Trinajstić information content (AvgIpc) is 2.75. The van der Waals surface area contributed by atoms with Crippen LogP contribution in [0.4, 0.5) is 5.69 Å². The first kappa shape index (κ1) is 22.6. The number of hydrogen-bond donors (Lipinski definition) is 1. The van der Waals surface area contributed by atoms with Gasteiger partial charge in [0, 0.05) is 12.1 Å². The van der Waals surface area contributed by atoms with Gasteiger partial charge in [0.2, 0.25) is 0 Å². The van der Waals surface area contributed by atoms with Crippen LogP contribution in [0.2, 0.25) is 0 Å². The number of carbonyl (C=O) groups excluding carboxylic acids is 1. The maximum atomic E-state index is 13.0. The molecule has 5 nitrogen and oxygen atoms in total. The molecule has 0 aliphatic heterocycles. The second-order valence-electron chi connectivity index (χ2n) is 7.58. The number of carbonyl (C=O) groups is 1. The molecule has 0 heterocycles. The van der Waals surface area contributed by atoms with Crippen LogP contribution < -0.4 is 9.62 Å². The van der Waals surface area contributed by atoms with Crippen LogP contribution in [-0.2, 0) is 10.0 Å². The van der Waals surface area contributed by atoms with Gasteiger partial charge in [-0.25, -0.2) is 8.42 Å². The van der Waals surface area contributed by atoms with Crippen molar-refractivity contribution in [3.8, 4) is 0 Å². The molecule has 0 radical (unpaired) electrons. The van der Waals surface area contributed by atoms with Crippen molar-refractivity contribution < 1.29 is 13.2 Å². The van der Waals surface area contributed by atoms with E-state index in [9.17, 15) is 13.2 Å². The minimum absolute atomic E-state index is 0.140. The fourth-order valence-corrected chi connectivity index (χ4v) is 5.15. The Balaban J connectivity index is 1.77. The van der Waals surface area contributed by atoms with E-state index >= 15 is 0 Å². The summed E-state index contributed by atoms with van der Waals surface area (Å²) in [7, 11) is -3.67. The maximum Gasteiger partial charge on any atom is 0.264 e. The zero-order valence-electron chi connectivity index (χ0n) is 18.3. The van der Waals surface area contributed by atoms with Crippen molar-refractivity contribution in [3.05, 3.63) is 95.1 Å². The Labute approximate surface area is 184 Å². The lowest BCUT2D eigenvalue weighted by atomic mass is 10.00. The van der Waals surface area contributed by atoms with Gasteiger partial charge in [0.25, 0.3) is 15.9 Å². The lowest BCUT2D eigenvalue weighted by Crippen LogP contribution is -2.31. The zero-order valence-corrected chi connectivity index (χ0v) is 19.1. The summed E-state index contributed by atoms with van der Waals surface area (Å²) in [4.78, 5) is 13.0. The number of amides is 1. The van der Waals surface area contributed by atoms with Gasteiger partial charge >= 0.3 is 0 Å². The number of aryl methyl sites for hydroxylation is 2. The highest BCUT2D eigenvalue weighted by molar-refractivity contribution is 7.92. The largest absolute Gasteiger partial charge is 0.346 e. The highest BCUT2D eigenvalue weighted by atomic mass is 32.2. The molecule has 1 N–H and O–H groups in total. The van der Waals surface area contributed by atoms with Gasteiger partial charge in [-0.3, -0.25) is 9.10 Å². The van der Waals surface area contributed by atoms with E-state index in [1.807, 2.05) is 32.9 Å². The Kier molecular flexibility index (Phi) is 6.81. The van der Waals surface area contributed by atoms with Crippen LogP contribution in [0.3, 0.4) is 0 Å². The van der Waals surface area contributed by atoms with Crippen molar-refractivity contribution in [3.63, 3.8) is 0 Å². The second-order valence-corrected chi connectivity index (χ2v) is 9.45. The van der Waals surface area contributed by atoms with Crippen LogP contribution in [0.15, 0.2) is 77.7 Å². The molecule has 31 heavy (non-hydrogen) atoms. The van der Waals surface area contributed by atoms with Crippen molar-refractivity contribution in [2.24, 2.45) is 0 Å². The first-order chi connectivity index (χ1) is 14.7. The van der Waals surface area contributed by atoms with E-state index in [-0.39, 0.29) is 23.4 Å². The average molecular weight is 437 g/mol. The standard InChI is InChI=1S/C25H28N2O3S/c1-5-27(31(29,30)23-9-7-6-8-10-23)22-14-12-21(13-15-22)25(28)26-20(4)24-16-11-18(2)17-19(24)3/h6-17,20H,5H2,1-4H3,(H,26,28)/t20-/m1/s1. The van der Waals surface area contributed by atoms with Crippen molar-refractivity contribution in [1.82, 2.24) is 5.32 Å². The van der Waals surface area contributed by atoms with Crippen LogP contribution in [0, 0.1) is 13.8 Å². The summed E-state index contributed by atoms with van der Waals surface area (Å²) in [6.07, 6.45) is 0. The van der Waals surface area contributed by atoms with Crippen molar-refractivity contribution >= 4 is 21.6 Å². The van der Waals surface area contributed by atoms with Gasteiger partial charge in [-0.2, -0.15) is 0 Å². The highest BCUT2D eigenvalue weighted by Gasteiger charge is 2.23. The number of benzene rings is 3. The van der Waals surface area contributed by atoms with E-state index in [2.05, 4.69) is 11.4 Å². The van der Waals surface area contributed by atoms with E-state index in [4.69, 9.17) is 0 Å². The molecule has 0 bridgehead atoms. The van der Waals surface area contributed by atoms with Crippen molar-refractivity contribution in [2.45, 2.75) is 38.6 Å². The van der Waals surface area contributed by atoms with Gasteiger partial charge in [-0.15, -0.1) is 0 Å². The van der Waals surface area contributed by atoms with Crippen LogP contribution in [0.1, 0.15) is 46.9 Å². The molecule has 0 saturated heterocycles. The Hall–Kier alpha value is -3.12. The number of sulfonamides is 1. The molecule has 0 spiro atoms. The minimum Gasteiger partial charge on any atom is -0.346 e. The third-order valence-corrected chi connectivity index (χ3v) is 7.19. The molecule has 162 valence electrons. The smallest absolute Gasteiger partial charge is 0.264 e. The molecule has 3 aromatic carbocycles. The molecule has 0 aliphatic rings. The second kappa shape index (κ2) is 9.35. The Morgan fingerprint density at radius 2 is 1.61 bits per heavy atom. The van der Waals surface area contributed by atoms with E-state index in [0.717, 1.165) is 11.1 Å². The molecule has 6 heteroatoms. The summed E-state index contributed by atoms with van der Waals surface area (Å²) < 4.78 is 27.3. The van der Waals surface area contributed by atoms with Gasteiger partial charge in [0.15, 0.2) is 0 Å².